The molecule has 1 saturated carbocycles. The molecule has 2 aliphatic rings. The van der Waals surface area contributed by atoms with Gasteiger partial charge in [0.25, 0.3) is 0 Å². The van der Waals surface area contributed by atoms with Crippen molar-refractivity contribution in [2.24, 2.45) is 0 Å². The number of methoxy groups -OCH3 is 1. The van der Waals surface area contributed by atoms with E-state index >= 15 is 0 Å². The average molecular weight is 431 g/mol. The van der Waals surface area contributed by atoms with E-state index in [1.165, 1.54) is 0 Å². The number of anilines is 3. The molecule has 0 radical (unpaired) electrons. The molecular weight excluding hydrogens is 404 g/mol. The molecule has 0 unspecified atom stereocenters. The monoisotopic (exact) mass is 430 g/mol. The smallest absolute Gasteiger partial charge is 0.235 e. The fourth-order valence-corrected chi connectivity index (χ4v) is 4.26. The minimum Gasteiger partial charge on any atom is -0.496 e. The minimum absolute atomic E-state index is 0.0395. The number of nitrogens with one attached hydrogen (secondary N) is 1. The lowest BCUT2D eigenvalue weighted by atomic mass is 9.94. The first-order valence-electron chi connectivity index (χ1n) is 10.9. The van der Waals surface area contributed by atoms with Crippen LogP contribution in [-0.2, 0) is 10.2 Å². The number of nitrogens with zero attached hydrogens (tertiary/aromatic N) is 5. The van der Waals surface area contributed by atoms with Crippen molar-refractivity contribution in [1.29, 1.82) is 0 Å². The number of hydrogen-bond acceptors (Lipinski definition) is 7. The van der Waals surface area contributed by atoms with E-state index in [2.05, 4.69) is 30.1 Å². The molecule has 1 aromatic carbocycles. The Morgan fingerprint density at radius 3 is 2.28 bits per heavy atom. The van der Waals surface area contributed by atoms with Gasteiger partial charge in [0.2, 0.25) is 11.9 Å². The van der Waals surface area contributed by atoms with Crippen LogP contribution in [-0.4, -0.2) is 54.1 Å². The summed E-state index contributed by atoms with van der Waals surface area (Å²) in [4.78, 5) is 30.9. The molecule has 0 spiro atoms. The summed E-state index contributed by atoms with van der Waals surface area (Å²) in [6, 6.07) is 13.7. The highest BCUT2D eigenvalue weighted by atomic mass is 16.5. The highest BCUT2D eigenvalue weighted by Gasteiger charge is 2.52. The predicted octanol–water partition coefficient (Wildman–Crippen LogP) is 2.88. The van der Waals surface area contributed by atoms with Crippen molar-refractivity contribution in [2.75, 3.05) is 48.4 Å². The number of aromatic nitrogens is 3. The Morgan fingerprint density at radius 1 is 0.938 bits per heavy atom. The number of carbonyl (C=O) groups is 1. The number of amides is 1. The Hall–Kier alpha value is -3.68. The molecule has 0 bridgehead atoms. The number of hydrogen-bond donors (Lipinski definition) is 1. The first kappa shape index (κ1) is 20.2. The maximum Gasteiger partial charge on any atom is 0.235 e. The Kier molecular flexibility index (Phi) is 5.34. The molecule has 8 nitrogen and oxygen atoms in total. The Morgan fingerprint density at radius 2 is 1.62 bits per heavy atom. The van der Waals surface area contributed by atoms with Crippen LogP contribution in [0.15, 0.2) is 61.1 Å². The molecule has 3 heterocycles. The van der Waals surface area contributed by atoms with E-state index in [-0.39, 0.29) is 5.91 Å². The fraction of sp³-hybridized carbons (Fsp3) is 0.333. The van der Waals surface area contributed by atoms with Crippen molar-refractivity contribution < 1.29 is 9.53 Å². The second-order valence-electron chi connectivity index (χ2n) is 8.17. The van der Waals surface area contributed by atoms with Crippen LogP contribution in [0.2, 0.25) is 0 Å². The topological polar surface area (TPSA) is 83.5 Å². The largest absolute Gasteiger partial charge is 0.496 e. The SMILES string of the molecule is COc1ccccc1C1(C(=O)Nc2cnc(N3CCN(c4ccccn4)CC3)nc2)CC1. The summed E-state index contributed by atoms with van der Waals surface area (Å²) in [5.74, 6) is 2.38. The van der Waals surface area contributed by atoms with Crippen LogP contribution in [0, 0.1) is 0 Å². The maximum atomic E-state index is 13.1. The highest BCUT2D eigenvalue weighted by Crippen LogP contribution is 2.51. The van der Waals surface area contributed by atoms with Crippen LogP contribution < -0.4 is 19.9 Å². The average Bonchev–Trinajstić information content (AvgIpc) is 3.67. The second-order valence-corrected chi connectivity index (χ2v) is 8.17. The van der Waals surface area contributed by atoms with Crippen LogP contribution in [0.4, 0.5) is 17.5 Å². The molecule has 1 aliphatic carbocycles. The van der Waals surface area contributed by atoms with Crippen LogP contribution in [0.25, 0.3) is 0 Å². The molecule has 1 saturated heterocycles. The quantitative estimate of drug-likeness (QED) is 0.644. The van der Waals surface area contributed by atoms with E-state index < -0.39 is 5.41 Å². The van der Waals surface area contributed by atoms with Crippen LogP contribution in [0.3, 0.4) is 0 Å². The van der Waals surface area contributed by atoms with Crippen LogP contribution >= 0.6 is 0 Å². The van der Waals surface area contributed by atoms with E-state index in [0.717, 1.165) is 56.2 Å². The molecule has 3 aromatic rings. The summed E-state index contributed by atoms with van der Waals surface area (Å²) in [5, 5.41) is 3.00. The third-order valence-corrected chi connectivity index (χ3v) is 6.24. The number of carbonyl (C=O) groups excluding carboxylic acids is 1. The van der Waals surface area contributed by atoms with Gasteiger partial charge in [0.1, 0.15) is 11.6 Å². The second kappa shape index (κ2) is 8.45. The lowest BCUT2D eigenvalue weighted by molar-refractivity contribution is -0.118. The van der Waals surface area contributed by atoms with E-state index in [0.29, 0.717) is 11.6 Å². The van der Waals surface area contributed by atoms with E-state index in [1.54, 1.807) is 19.5 Å². The van der Waals surface area contributed by atoms with Gasteiger partial charge in [-0.15, -0.1) is 0 Å². The lowest BCUT2D eigenvalue weighted by Crippen LogP contribution is -2.47. The molecule has 0 atom stereocenters. The van der Waals surface area contributed by atoms with Gasteiger partial charge in [0.05, 0.1) is 30.6 Å². The van der Waals surface area contributed by atoms with Crippen molar-refractivity contribution in [3.63, 3.8) is 0 Å². The lowest BCUT2D eigenvalue weighted by Gasteiger charge is -2.35. The molecule has 2 aromatic heterocycles. The number of rotatable bonds is 6. The third kappa shape index (κ3) is 3.84. The number of piperazine rings is 1. The first-order chi connectivity index (χ1) is 15.7. The van der Waals surface area contributed by atoms with Gasteiger partial charge in [-0.25, -0.2) is 15.0 Å². The Labute approximate surface area is 187 Å². The number of pyridine rings is 1. The van der Waals surface area contributed by atoms with Gasteiger partial charge in [-0.05, 0) is 31.0 Å². The van der Waals surface area contributed by atoms with Gasteiger partial charge >= 0.3 is 0 Å². The van der Waals surface area contributed by atoms with Crippen molar-refractivity contribution in [2.45, 2.75) is 18.3 Å². The van der Waals surface area contributed by atoms with Gasteiger partial charge in [-0.2, -0.15) is 0 Å². The third-order valence-electron chi connectivity index (χ3n) is 6.24. The fourth-order valence-electron chi connectivity index (χ4n) is 4.26. The molecule has 164 valence electrons. The summed E-state index contributed by atoms with van der Waals surface area (Å²) >= 11 is 0. The standard InChI is InChI=1S/C24H26N6O2/c1-32-20-7-3-2-6-19(20)24(9-10-24)22(31)28-18-16-26-23(27-17-18)30-14-12-29(13-15-30)21-8-4-5-11-25-21/h2-8,11,16-17H,9-10,12-15H2,1H3,(H,28,31). The summed E-state index contributed by atoms with van der Waals surface area (Å²) < 4.78 is 5.47. The zero-order valence-corrected chi connectivity index (χ0v) is 18.1. The molecule has 1 aliphatic heterocycles. The first-order valence-corrected chi connectivity index (χ1v) is 10.9. The van der Waals surface area contributed by atoms with Crippen molar-refractivity contribution in [3.05, 3.63) is 66.6 Å². The molecule has 32 heavy (non-hydrogen) atoms. The summed E-state index contributed by atoms with van der Waals surface area (Å²) in [7, 11) is 1.63. The highest BCUT2D eigenvalue weighted by molar-refractivity contribution is 6.01. The molecule has 2 fully saturated rings. The van der Waals surface area contributed by atoms with E-state index in [4.69, 9.17) is 4.74 Å². The Balaban J connectivity index is 1.22. The van der Waals surface area contributed by atoms with Crippen molar-refractivity contribution in [3.8, 4) is 5.75 Å². The zero-order chi connectivity index (χ0) is 22.0. The van der Waals surface area contributed by atoms with Gasteiger partial charge in [-0.1, -0.05) is 24.3 Å². The Bertz CT molecular complexity index is 1080. The van der Waals surface area contributed by atoms with Gasteiger partial charge in [0, 0.05) is 37.9 Å². The number of benzene rings is 1. The summed E-state index contributed by atoms with van der Waals surface area (Å²) in [5.41, 5.74) is 1.00. The molecule has 5 rings (SSSR count). The van der Waals surface area contributed by atoms with E-state index in [1.807, 2.05) is 48.7 Å². The van der Waals surface area contributed by atoms with Crippen LogP contribution in [0.1, 0.15) is 18.4 Å². The van der Waals surface area contributed by atoms with E-state index in [9.17, 15) is 4.79 Å². The molecule has 8 heteroatoms. The normalized spacial score (nSPS) is 17.0. The molecule has 1 N–H and O–H groups in total. The van der Waals surface area contributed by atoms with Crippen LogP contribution in [0.5, 0.6) is 5.75 Å². The number of para-hydroxylation sites is 1. The summed E-state index contributed by atoms with van der Waals surface area (Å²) in [6.07, 6.45) is 6.79. The predicted molar refractivity (Wildman–Crippen MR) is 123 cm³/mol. The van der Waals surface area contributed by atoms with Gasteiger partial charge in [0.15, 0.2) is 0 Å². The molecule has 1 amide bonds. The minimum atomic E-state index is -0.535. The van der Waals surface area contributed by atoms with Crippen molar-refractivity contribution >= 4 is 23.4 Å². The summed E-state index contributed by atoms with van der Waals surface area (Å²) in [6.45, 7) is 3.36. The van der Waals surface area contributed by atoms with Gasteiger partial charge < -0.3 is 19.9 Å². The maximum absolute atomic E-state index is 13.1. The number of ether oxygens (including phenoxy) is 1. The molecular formula is C24H26N6O2. The van der Waals surface area contributed by atoms with Gasteiger partial charge in [-0.3, -0.25) is 4.79 Å². The van der Waals surface area contributed by atoms with Crippen molar-refractivity contribution in [1.82, 2.24) is 15.0 Å². The zero-order valence-electron chi connectivity index (χ0n) is 18.1.